The van der Waals surface area contributed by atoms with E-state index in [0.717, 1.165) is 11.3 Å². The number of thiophene rings is 1. The van der Waals surface area contributed by atoms with Crippen molar-refractivity contribution in [2.45, 2.75) is 25.5 Å². The molecule has 0 amide bonds. The van der Waals surface area contributed by atoms with Gasteiger partial charge in [0.15, 0.2) is 0 Å². The SMILES string of the molecule is CCC(N)C(Oc1ccc(Cl)c(F)c1)c1ccc(Cl)s1. The molecule has 0 aliphatic rings. The van der Waals surface area contributed by atoms with E-state index in [-0.39, 0.29) is 17.2 Å². The highest BCUT2D eigenvalue weighted by Crippen LogP contribution is 2.33. The van der Waals surface area contributed by atoms with Crippen molar-refractivity contribution in [3.05, 3.63) is 50.4 Å². The Morgan fingerprint density at radius 1 is 1.30 bits per heavy atom. The molecule has 0 aliphatic carbocycles. The second-order valence-electron chi connectivity index (χ2n) is 4.33. The van der Waals surface area contributed by atoms with E-state index in [9.17, 15) is 4.39 Å². The third kappa shape index (κ3) is 3.64. The highest BCUT2D eigenvalue weighted by atomic mass is 35.5. The summed E-state index contributed by atoms with van der Waals surface area (Å²) in [5, 5.41) is 0.0628. The van der Waals surface area contributed by atoms with Crippen molar-refractivity contribution in [1.82, 2.24) is 0 Å². The summed E-state index contributed by atoms with van der Waals surface area (Å²) in [4.78, 5) is 0.916. The van der Waals surface area contributed by atoms with E-state index in [0.29, 0.717) is 10.1 Å². The molecule has 0 saturated carbocycles. The maximum Gasteiger partial charge on any atom is 0.148 e. The molecule has 1 heterocycles. The third-order valence-corrected chi connectivity index (χ3v) is 4.49. The van der Waals surface area contributed by atoms with Crippen molar-refractivity contribution in [2.24, 2.45) is 5.73 Å². The van der Waals surface area contributed by atoms with Crippen molar-refractivity contribution in [3.8, 4) is 5.75 Å². The summed E-state index contributed by atoms with van der Waals surface area (Å²) in [6, 6.07) is 7.80. The fourth-order valence-corrected chi connectivity index (χ4v) is 3.03. The molecule has 2 atom stereocenters. The Balaban J connectivity index is 2.25. The van der Waals surface area contributed by atoms with E-state index in [1.54, 1.807) is 12.1 Å². The predicted molar refractivity (Wildman–Crippen MR) is 82.4 cm³/mol. The molecule has 0 bridgehead atoms. The maximum atomic E-state index is 13.5. The Kier molecular flexibility index (Phi) is 5.27. The Morgan fingerprint density at radius 3 is 2.60 bits per heavy atom. The molecule has 2 unspecified atom stereocenters. The lowest BCUT2D eigenvalue weighted by Crippen LogP contribution is -2.30. The summed E-state index contributed by atoms with van der Waals surface area (Å²) in [7, 11) is 0. The predicted octanol–water partition coefficient (Wildman–Crippen LogP) is 5.05. The average molecular weight is 334 g/mol. The van der Waals surface area contributed by atoms with Crippen LogP contribution >= 0.6 is 34.5 Å². The standard InChI is InChI=1S/C14H14Cl2FNOS/c1-2-11(18)14(12-5-6-13(16)20-12)19-8-3-4-9(15)10(17)7-8/h3-7,11,14H,2,18H2,1H3. The zero-order chi connectivity index (χ0) is 14.7. The van der Waals surface area contributed by atoms with Crippen molar-refractivity contribution in [3.63, 3.8) is 0 Å². The van der Waals surface area contributed by atoms with Crippen LogP contribution < -0.4 is 10.5 Å². The summed E-state index contributed by atoms with van der Waals surface area (Å²) in [5.74, 6) is -0.123. The molecule has 2 nitrogen and oxygen atoms in total. The molecule has 1 aromatic carbocycles. The second kappa shape index (κ2) is 6.76. The normalized spacial score (nSPS) is 14.1. The zero-order valence-corrected chi connectivity index (χ0v) is 13.1. The number of hydrogen-bond acceptors (Lipinski definition) is 3. The van der Waals surface area contributed by atoms with Gasteiger partial charge in [-0.25, -0.2) is 4.39 Å². The van der Waals surface area contributed by atoms with Crippen LogP contribution in [0.4, 0.5) is 4.39 Å². The topological polar surface area (TPSA) is 35.2 Å². The van der Waals surface area contributed by atoms with Crippen LogP contribution in [0, 0.1) is 5.82 Å². The first-order chi connectivity index (χ1) is 9.51. The summed E-state index contributed by atoms with van der Waals surface area (Å²) in [6.07, 6.45) is 0.370. The van der Waals surface area contributed by atoms with Crippen molar-refractivity contribution in [1.29, 1.82) is 0 Å². The van der Waals surface area contributed by atoms with Crippen molar-refractivity contribution in [2.75, 3.05) is 0 Å². The van der Waals surface area contributed by atoms with E-state index >= 15 is 0 Å². The van der Waals surface area contributed by atoms with Gasteiger partial charge >= 0.3 is 0 Å². The first kappa shape index (κ1) is 15.6. The first-order valence-corrected chi connectivity index (χ1v) is 7.71. The molecule has 0 aliphatic heterocycles. The fourth-order valence-electron chi connectivity index (χ4n) is 1.75. The van der Waals surface area contributed by atoms with Gasteiger partial charge in [-0.05, 0) is 30.7 Å². The van der Waals surface area contributed by atoms with Gasteiger partial charge in [0.2, 0.25) is 0 Å². The van der Waals surface area contributed by atoms with Gasteiger partial charge < -0.3 is 10.5 Å². The summed E-state index contributed by atoms with van der Waals surface area (Å²) < 4.78 is 20.0. The molecule has 0 saturated heterocycles. The smallest absolute Gasteiger partial charge is 0.148 e. The lowest BCUT2D eigenvalue weighted by molar-refractivity contribution is 0.174. The monoisotopic (exact) mass is 333 g/mol. The van der Waals surface area contributed by atoms with Gasteiger partial charge in [0, 0.05) is 17.0 Å². The molecule has 0 fully saturated rings. The minimum atomic E-state index is -0.516. The molecule has 1 aromatic heterocycles. The summed E-state index contributed by atoms with van der Waals surface area (Å²) in [6.45, 7) is 1.97. The minimum Gasteiger partial charge on any atom is -0.483 e. The Hall–Kier alpha value is -0.810. The van der Waals surface area contributed by atoms with Crippen LogP contribution in [0.25, 0.3) is 0 Å². The number of hydrogen-bond donors (Lipinski definition) is 1. The number of ether oxygens (including phenoxy) is 1. The van der Waals surface area contributed by atoms with Crippen molar-refractivity contribution >= 4 is 34.5 Å². The molecular formula is C14H14Cl2FNOS. The molecule has 6 heteroatoms. The first-order valence-electron chi connectivity index (χ1n) is 6.13. The van der Waals surface area contributed by atoms with Crippen LogP contribution in [-0.2, 0) is 0 Å². The van der Waals surface area contributed by atoms with Gasteiger partial charge in [-0.1, -0.05) is 30.1 Å². The van der Waals surface area contributed by atoms with Crippen LogP contribution in [0.5, 0.6) is 5.75 Å². The van der Waals surface area contributed by atoms with Gasteiger partial charge in [0.25, 0.3) is 0 Å². The number of halogens is 3. The number of benzene rings is 1. The van der Waals surface area contributed by atoms with Crippen LogP contribution in [0.1, 0.15) is 24.3 Å². The minimum absolute atomic E-state index is 0.0628. The van der Waals surface area contributed by atoms with Crippen LogP contribution in [-0.4, -0.2) is 6.04 Å². The second-order valence-corrected chi connectivity index (χ2v) is 6.48. The van der Waals surface area contributed by atoms with Gasteiger partial charge in [-0.15, -0.1) is 11.3 Å². The van der Waals surface area contributed by atoms with Gasteiger partial charge in [0.05, 0.1) is 9.36 Å². The maximum absolute atomic E-state index is 13.5. The lowest BCUT2D eigenvalue weighted by atomic mass is 10.1. The highest BCUT2D eigenvalue weighted by Gasteiger charge is 2.22. The zero-order valence-electron chi connectivity index (χ0n) is 10.8. The molecule has 108 valence electrons. The molecule has 2 rings (SSSR count). The Morgan fingerprint density at radius 2 is 2.05 bits per heavy atom. The summed E-state index contributed by atoms with van der Waals surface area (Å²) >= 11 is 13.0. The molecule has 0 spiro atoms. The number of nitrogens with two attached hydrogens (primary N) is 1. The molecule has 20 heavy (non-hydrogen) atoms. The highest BCUT2D eigenvalue weighted by molar-refractivity contribution is 7.16. The molecule has 2 N–H and O–H groups in total. The van der Waals surface area contributed by atoms with Gasteiger partial charge in [-0.2, -0.15) is 0 Å². The van der Waals surface area contributed by atoms with Crippen LogP contribution in [0.15, 0.2) is 30.3 Å². The fraction of sp³-hybridized carbons (Fsp3) is 0.286. The molecular weight excluding hydrogens is 320 g/mol. The average Bonchev–Trinajstić information content (AvgIpc) is 2.85. The molecule has 2 aromatic rings. The van der Waals surface area contributed by atoms with E-state index < -0.39 is 5.82 Å². The Labute approximate surface area is 131 Å². The van der Waals surface area contributed by atoms with Crippen LogP contribution in [0.3, 0.4) is 0 Å². The van der Waals surface area contributed by atoms with Crippen LogP contribution in [0.2, 0.25) is 9.36 Å². The van der Waals surface area contributed by atoms with Gasteiger partial charge in [0.1, 0.15) is 17.7 Å². The number of rotatable bonds is 5. The summed E-state index contributed by atoms with van der Waals surface area (Å²) in [5.41, 5.74) is 6.09. The van der Waals surface area contributed by atoms with Crippen molar-refractivity contribution < 1.29 is 9.13 Å². The van der Waals surface area contributed by atoms with E-state index in [2.05, 4.69) is 0 Å². The largest absolute Gasteiger partial charge is 0.483 e. The third-order valence-electron chi connectivity index (χ3n) is 2.89. The van der Waals surface area contributed by atoms with E-state index in [4.69, 9.17) is 33.7 Å². The van der Waals surface area contributed by atoms with E-state index in [1.165, 1.54) is 23.5 Å². The lowest BCUT2D eigenvalue weighted by Gasteiger charge is -2.23. The quantitative estimate of drug-likeness (QED) is 0.830. The van der Waals surface area contributed by atoms with Gasteiger partial charge in [-0.3, -0.25) is 0 Å². The van der Waals surface area contributed by atoms with E-state index in [1.807, 2.05) is 13.0 Å². The Bertz CT molecular complexity index is 590. The molecule has 0 radical (unpaired) electrons.